The number of fused-ring (bicyclic) bond motifs is 1. The minimum absolute atomic E-state index is 0.188. The Hall–Kier alpha value is -3.48. The van der Waals surface area contributed by atoms with E-state index in [1.807, 2.05) is 43.3 Å². The normalized spacial score (nSPS) is 20.6. The van der Waals surface area contributed by atoms with Crippen molar-refractivity contribution in [2.45, 2.75) is 38.5 Å². The van der Waals surface area contributed by atoms with Crippen LogP contribution >= 0.6 is 0 Å². The molecule has 0 bridgehead atoms. The van der Waals surface area contributed by atoms with Gasteiger partial charge in [-0.05, 0) is 79.4 Å². The van der Waals surface area contributed by atoms with Gasteiger partial charge >= 0.3 is 0 Å². The average molecular weight is 488 g/mol. The van der Waals surface area contributed by atoms with Gasteiger partial charge in [0.2, 0.25) is 0 Å². The molecule has 1 fully saturated rings. The molecule has 3 aromatic carbocycles. The van der Waals surface area contributed by atoms with Crippen LogP contribution in [0.3, 0.4) is 0 Å². The van der Waals surface area contributed by atoms with Crippen LogP contribution in [0.2, 0.25) is 0 Å². The number of likely N-dealkylation sites (tertiary alicyclic amines) is 1. The Kier molecular flexibility index (Phi) is 6.90. The summed E-state index contributed by atoms with van der Waals surface area (Å²) in [5.74, 6) is 1.91. The van der Waals surface area contributed by atoms with Crippen LogP contribution in [-0.2, 0) is 4.74 Å². The van der Waals surface area contributed by atoms with Crippen molar-refractivity contribution < 1.29 is 24.4 Å². The van der Waals surface area contributed by atoms with Crippen molar-refractivity contribution in [2.75, 3.05) is 26.8 Å². The fraction of sp³-hybridized carbons (Fsp3) is 0.333. The van der Waals surface area contributed by atoms with Gasteiger partial charge in [-0.3, -0.25) is 4.90 Å². The molecule has 3 atom stereocenters. The van der Waals surface area contributed by atoms with Crippen LogP contribution in [0.25, 0.3) is 11.1 Å². The lowest BCUT2D eigenvalue weighted by atomic mass is 9.86. The largest absolute Gasteiger partial charge is 0.508 e. The molecule has 2 unspecified atom stereocenters. The van der Waals surface area contributed by atoms with Crippen molar-refractivity contribution in [1.82, 2.24) is 4.90 Å². The van der Waals surface area contributed by atoms with E-state index in [0.717, 1.165) is 53.1 Å². The van der Waals surface area contributed by atoms with E-state index in [2.05, 4.69) is 11.8 Å². The quantitative estimate of drug-likeness (QED) is 0.449. The molecule has 2 heterocycles. The highest BCUT2D eigenvalue weighted by atomic mass is 16.5. The van der Waals surface area contributed by atoms with Crippen LogP contribution in [0.5, 0.6) is 23.0 Å². The summed E-state index contributed by atoms with van der Waals surface area (Å²) in [5.41, 5.74) is 4.65. The number of hydrogen-bond acceptors (Lipinski definition) is 6. The van der Waals surface area contributed by atoms with Gasteiger partial charge in [-0.15, -0.1) is 0 Å². The Labute approximate surface area is 212 Å². The van der Waals surface area contributed by atoms with Gasteiger partial charge < -0.3 is 24.4 Å². The number of phenols is 2. The number of allylic oxidation sites excluding steroid dienone is 1. The van der Waals surface area contributed by atoms with Crippen LogP contribution in [0, 0.1) is 0 Å². The molecule has 5 rings (SSSR count). The highest BCUT2D eigenvalue weighted by molar-refractivity contribution is 5.95. The number of nitrogens with zero attached hydrogens (tertiary/aromatic N) is 1. The van der Waals surface area contributed by atoms with Gasteiger partial charge in [0, 0.05) is 37.4 Å². The number of phenolic OH excluding ortho intramolecular Hbond substituents is 2. The maximum Gasteiger partial charge on any atom is 0.150 e. The van der Waals surface area contributed by atoms with Gasteiger partial charge in [-0.1, -0.05) is 24.3 Å². The van der Waals surface area contributed by atoms with E-state index in [-0.39, 0.29) is 17.6 Å². The number of aromatic hydroxyl groups is 2. The third kappa shape index (κ3) is 4.92. The summed E-state index contributed by atoms with van der Waals surface area (Å²) in [6.07, 6.45) is 1.01. The van der Waals surface area contributed by atoms with E-state index in [1.54, 1.807) is 37.4 Å². The molecule has 3 aromatic rings. The first kappa shape index (κ1) is 24.2. The standard InChI is InChI=1S/C30H33NO5/c1-19(31-14-13-26(17-31)34-3)18-35-25-10-7-21(8-11-25)30-29(22-5-4-6-23(32)15-22)20(2)27-16-24(33)9-12-28(27)36-30/h4-12,15-16,19,26,30,32-33H,13-14,17-18H2,1-3H3/t19-,26?,30?/m0/s1. The van der Waals surface area contributed by atoms with Crippen molar-refractivity contribution in [1.29, 1.82) is 0 Å². The minimum Gasteiger partial charge on any atom is -0.508 e. The molecule has 2 aliphatic heterocycles. The zero-order chi connectivity index (χ0) is 25.2. The summed E-state index contributed by atoms with van der Waals surface area (Å²) in [4.78, 5) is 2.41. The highest BCUT2D eigenvalue weighted by Crippen LogP contribution is 2.47. The highest BCUT2D eigenvalue weighted by Gasteiger charge is 2.30. The predicted octanol–water partition coefficient (Wildman–Crippen LogP) is 5.65. The van der Waals surface area contributed by atoms with E-state index < -0.39 is 0 Å². The number of methoxy groups -OCH3 is 1. The van der Waals surface area contributed by atoms with Gasteiger partial charge in [0.25, 0.3) is 0 Å². The van der Waals surface area contributed by atoms with E-state index >= 15 is 0 Å². The lowest BCUT2D eigenvalue weighted by Crippen LogP contribution is -2.36. The van der Waals surface area contributed by atoms with Gasteiger partial charge in [0.1, 0.15) is 35.7 Å². The first-order chi connectivity index (χ1) is 17.4. The van der Waals surface area contributed by atoms with Crippen LogP contribution in [0.4, 0.5) is 0 Å². The van der Waals surface area contributed by atoms with Gasteiger partial charge in [-0.2, -0.15) is 0 Å². The van der Waals surface area contributed by atoms with Gasteiger partial charge in [0.05, 0.1) is 6.10 Å². The van der Waals surface area contributed by atoms with Gasteiger partial charge in [0.15, 0.2) is 0 Å². The van der Waals surface area contributed by atoms with Crippen molar-refractivity contribution >= 4 is 11.1 Å². The Morgan fingerprint density at radius 2 is 1.81 bits per heavy atom. The predicted molar refractivity (Wildman–Crippen MR) is 140 cm³/mol. The lowest BCUT2D eigenvalue weighted by Gasteiger charge is -2.31. The third-order valence-electron chi connectivity index (χ3n) is 7.24. The molecule has 0 amide bonds. The topological polar surface area (TPSA) is 71.4 Å². The molecule has 6 nitrogen and oxygen atoms in total. The molecular formula is C30H33NO5. The molecule has 0 aliphatic carbocycles. The van der Waals surface area contributed by atoms with E-state index in [1.165, 1.54) is 0 Å². The van der Waals surface area contributed by atoms with Crippen molar-refractivity contribution in [3.63, 3.8) is 0 Å². The summed E-state index contributed by atoms with van der Waals surface area (Å²) in [6, 6.07) is 20.7. The molecule has 6 heteroatoms. The van der Waals surface area contributed by atoms with E-state index in [0.29, 0.717) is 24.5 Å². The monoisotopic (exact) mass is 487 g/mol. The first-order valence-corrected chi connectivity index (χ1v) is 12.4. The summed E-state index contributed by atoms with van der Waals surface area (Å²) in [7, 11) is 1.78. The Bertz CT molecular complexity index is 1250. The van der Waals surface area contributed by atoms with Crippen LogP contribution in [-0.4, -0.2) is 54.1 Å². The van der Waals surface area contributed by atoms with Gasteiger partial charge in [-0.25, -0.2) is 0 Å². The summed E-state index contributed by atoms with van der Waals surface area (Å²) < 4.78 is 18.1. The maximum absolute atomic E-state index is 10.1. The summed E-state index contributed by atoms with van der Waals surface area (Å²) in [5, 5.41) is 20.2. The Morgan fingerprint density at radius 3 is 2.53 bits per heavy atom. The zero-order valence-corrected chi connectivity index (χ0v) is 21.0. The molecule has 1 saturated heterocycles. The smallest absolute Gasteiger partial charge is 0.150 e. The summed E-state index contributed by atoms with van der Waals surface area (Å²) in [6.45, 7) is 6.80. The second-order valence-electron chi connectivity index (χ2n) is 9.64. The molecular weight excluding hydrogens is 454 g/mol. The molecule has 0 radical (unpaired) electrons. The number of rotatable bonds is 7. The molecule has 0 spiro atoms. The maximum atomic E-state index is 10.1. The Balaban J connectivity index is 1.38. The van der Waals surface area contributed by atoms with Crippen LogP contribution in [0.1, 0.15) is 43.1 Å². The molecule has 188 valence electrons. The SMILES string of the molecule is COC1CCN([C@@H](C)COc2ccc(C3Oc4ccc(O)cc4C(C)=C3c3cccc(O)c3)cc2)C1. The molecule has 2 N–H and O–H groups in total. The fourth-order valence-corrected chi connectivity index (χ4v) is 5.13. The first-order valence-electron chi connectivity index (χ1n) is 12.4. The number of ether oxygens (including phenoxy) is 3. The van der Waals surface area contributed by atoms with Crippen molar-refractivity contribution in [2.24, 2.45) is 0 Å². The number of hydrogen-bond donors (Lipinski definition) is 2. The second kappa shape index (κ2) is 10.2. The third-order valence-corrected chi connectivity index (χ3v) is 7.24. The molecule has 36 heavy (non-hydrogen) atoms. The Morgan fingerprint density at radius 1 is 1.03 bits per heavy atom. The van der Waals surface area contributed by atoms with Crippen molar-refractivity contribution in [3.05, 3.63) is 83.4 Å². The van der Waals surface area contributed by atoms with Crippen molar-refractivity contribution in [3.8, 4) is 23.0 Å². The molecule has 0 aromatic heterocycles. The zero-order valence-electron chi connectivity index (χ0n) is 21.0. The average Bonchev–Trinajstić information content (AvgIpc) is 3.37. The van der Waals surface area contributed by atoms with Crippen LogP contribution in [0.15, 0.2) is 66.7 Å². The summed E-state index contributed by atoms with van der Waals surface area (Å²) >= 11 is 0. The fourth-order valence-electron chi connectivity index (χ4n) is 5.13. The second-order valence-corrected chi connectivity index (χ2v) is 9.64. The van der Waals surface area contributed by atoms with E-state index in [4.69, 9.17) is 14.2 Å². The molecule has 0 saturated carbocycles. The van der Waals surface area contributed by atoms with E-state index in [9.17, 15) is 10.2 Å². The molecule has 2 aliphatic rings. The van der Waals surface area contributed by atoms with Crippen LogP contribution < -0.4 is 9.47 Å². The minimum atomic E-state index is -0.368. The number of benzene rings is 3. The lowest BCUT2D eigenvalue weighted by molar-refractivity contribution is 0.0950.